The molecule has 1 unspecified atom stereocenters. The van der Waals surface area contributed by atoms with Crippen LogP contribution in [-0.2, 0) is 37.0 Å². The van der Waals surface area contributed by atoms with Gasteiger partial charge in [0.05, 0.1) is 43.0 Å². The van der Waals surface area contributed by atoms with Crippen molar-refractivity contribution in [2.45, 2.75) is 90.6 Å². The van der Waals surface area contributed by atoms with Crippen LogP contribution in [0.25, 0.3) is 0 Å². The zero-order chi connectivity index (χ0) is 33.6. The van der Waals surface area contributed by atoms with Crippen LogP contribution in [0.1, 0.15) is 58.6 Å². The molecular weight excluding hydrogens is 588 g/mol. The molecule has 3 heterocycles. The SMILES string of the molecule is C=C(C)C[C@@H]1[C@@H](C(C)=O)N(C(=O)OCc2ccccc2)C[C@@H]1O.CC(=O)[C@@H]1[C@H]2CC(C)(C)OC2CN1C(=O)OCc1ccccc1. The zero-order valence-corrected chi connectivity index (χ0v) is 27.4. The van der Waals surface area contributed by atoms with Gasteiger partial charge in [0.15, 0.2) is 11.6 Å². The normalized spacial score (nSPS) is 26.0. The number of fused-ring (bicyclic) bond motifs is 1. The molecular formula is C36H46N2O8. The van der Waals surface area contributed by atoms with Gasteiger partial charge >= 0.3 is 12.2 Å². The van der Waals surface area contributed by atoms with E-state index >= 15 is 0 Å². The van der Waals surface area contributed by atoms with Gasteiger partial charge < -0.3 is 19.3 Å². The highest BCUT2D eigenvalue weighted by Crippen LogP contribution is 2.43. The molecule has 0 bridgehead atoms. The maximum Gasteiger partial charge on any atom is 0.410 e. The van der Waals surface area contributed by atoms with Crippen LogP contribution in [0.2, 0.25) is 0 Å². The molecule has 46 heavy (non-hydrogen) atoms. The first kappa shape index (κ1) is 34.8. The van der Waals surface area contributed by atoms with E-state index in [0.717, 1.165) is 23.1 Å². The van der Waals surface area contributed by atoms with E-state index in [1.165, 1.54) is 23.6 Å². The number of hydrogen-bond donors (Lipinski definition) is 1. The number of amides is 2. The number of ketones is 2. The molecule has 3 aliphatic rings. The second-order valence-electron chi connectivity index (χ2n) is 13.2. The summed E-state index contributed by atoms with van der Waals surface area (Å²) in [6.45, 7) is 13.6. The molecule has 10 nitrogen and oxygen atoms in total. The third kappa shape index (κ3) is 8.61. The van der Waals surface area contributed by atoms with E-state index in [0.29, 0.717) is 13.0 Å². The lowest BCUT2D eigenvalue weighted by Gasteiger charge is -2.27. The van der Waals surface area contributed by atoms with Gasteiger partial charge in [-0.2, -0.15) is 0 Å². The summed E-state index contributed by atoms with van der Waals surface area (Å²) >= 11 is 0. The summed E-state index contributed by atoms with van der Waals surface area (Å²) in [6.07, 6.45) is -0.548. The fourth-order valence-corrected chi connectivity index (χ4v) is 6.84. The average molecular weight is 635 g/mol. The minimum absolute atomic E-state index is 0.00420. The number of rotatable bonds is 8. The van der Waals surface area contributed by atoms with Gasteiger partial charge in [-0.25, -0.2) is 9.59 Å². The Morgan fingerprint density at radius 2 is 1.30 bits per heavy atom. The minimum Gasteiger partial charge on any atom is -0.445 e. The topological polar surface area (TPSA) is 123 Å². The predicted octanol–water partition coefficient (Wildman–Crippen LogP) is 5.32. The standard InChI is InChI=1S/2C18H23NO4/c1-12(20)16-14-9-18(2,3)23-15(14)10-19(16)17(21)22-11-13-7-5-4-6-8-13;1-12(2)9-15-16(21)10-19(17(15)13(3)20)18(22)23-11-14-7-5-4-6-8-14/h4-8,14-16H,9-11H2,1-3H3;4-8,15-17,21H,1,9-11H2,2-3H3/t14-,15?,16+;15-,16-,17+/m00/s1. The predicted molar refractivity (Wildman–Crippen MR) is 172 cm³/mol. The van der Waals surface area contributed by atoms with Crippen molar-refractivity contribution in [1.82, 2.24) is 9.80 Å². The third-order valence-corrected chi connectivity index (χ3v) is 8.71. The van der Waals surface area contributed by atoms with Crippen LogP contribution in [0.4, 0.5) is 9.59 Å². The van der Waals surface area contributed by atoms with E-state index in [4.69, 9.17) is 14.2 Å². The number of aliphatic hydroxyl groups excluding tert-OH is 1. The highest BCUT2D eigenvalue weighted by molar-refractivity contribution is 5.87. The summed E-state index contributed by atoms with van der Waals surface area (Å²) in [5.74, 6) is -0.416. The number of β-amino-alcohol motifs (C(OH)–C–C–N with tert-alkyl or cyclic N) is 1. The second kappa shape index (κ2) is 15.0. The van der Waals surface area contributed by atoms with E-state index in [-0.39, 0.29) is 54.9 Å². The Morgan fingerprint density at radius 1 is 0.826 bits per heavy atom. The molecule has 3 aliphatic heterocycles. The van der Waals surface area contributed by atoms with Crippen molar-refractivity contribution < 1.29 is 38.5 Å². The van der Waals surface area contributed by atoms with E-state index < -0.39 is 30.4 Å². The lowest BCUT2D eigenvalue weighted by Crippen LogP contribution is -2.43. The molecule has 5 rings (SSSR count). The molecule has 248 valence electrons. The first-order chi connectivity index (χ1) is 21.8. The molecule has 2 aromatic rings. The van der Waals surface area contributed by atoms with Crippen LogP contribution in [0, 0.1) is 11.8 Å². The smallest absolute Gasteiger partial charge is 0.410 e. The Hall–Kier alpha value is -4.02. The zero-order valence-electron chi connectivity index (χ0n) is 27.4. The fraction of sp³-hybridized carbons (Fsp3) is 0.500. The third-order valence-electron chi connectivity index (χ3n) is 8.71. The number of likely N-dealkylation sites (tertiary alicyclic amines) is 2. The van der Waals surface area contributed by atoms with Crippen LogP contribution >= 0.6 is 0 Å². The van der Waals surface area contributed by atoms with Gasteiger partial charge in [-0.1, -0.05) is 66.2 Å². The van der Waals surface area contributed by atoms with Crippen molar-refractivity contribution in [3.63, 3.8) is 0 Å². The fourth-order valence-electron chi connectivity index (χ4n) is 6.84. The summed E-state index contributed by atoms with van der Waals surface area (Å²) in [7, 11) is 0. The molecule has 6 atom stereocenters. The van der Waals surface area contributed by atoms with Gasteiger partial charge in [0.25, 0.3) is 0 Å². The van der Waals surface area contributed by atoms with Crippen LogP contribution in [0.3, 0.4) is 0 Å². The number of hydrogen-bond acceptors (Lipinski definition) is 8. The average Bonchev–Trinajstić information content (AvgIpc) is 3.62. The number of aliphatic hydroxyl groups is 1. The Kier molecular flexibility index (Phi) is 11.4. The van der Waals surface area contributed by atoms with Crippen LogP contribution in [0.5, 0.6) is 0 Å². The maximum absolute atomic E-state index is 12.4. The van der Waals surface area contributed by atoms with Gasteiger partial charge in [0.1, 0.15) is 13.2 Å². The quantitative estimate of drug-likeness (QED) is 0.387. The number of nitrogens with zero attached hydrogens (tertiary/aromatic N) is 2. The van der Waals surface area contributed by atoms with Crippen LogP contribution < -0.4 is 0 Å². The highest BCUT2D eigenvalue weighted by Gasteiger charge is 2.54. The number of ether oxygens (including phenoxy) is 3. The van der Waals surface area contributed by atoms with Crippen LogP contribution in [0.15, 0.2) is 72.8 Å². The summed E-state index contributed by atoms with van der Waals surface area (Å²) < 4.78 is 16.7. The van der Waals surface area contributed by atoms with Gasteiger partial charge in [-0.3, -0.25) is 19.4 Å². The second-order valence-corrected chi connectivity index (χ2v) is 13.2. The van der Waals surface area contributed by atoms with Crippen molar-refractivity contribution in [2.24, 2.45) is 11.8 Å². The molecule has 0 spiro atoms. The van der Waals surface area contributed by atoms with Crippen LogP contribution in [-0.4, -0.2) is 81.6 Å². The molecule has 3 fully saturated rings. The number of benzene rings is 2. The minimum atomic E-state index is -0.745. The number of Topliss-reactive ketones (excluding diaryl/α,β-unsaturated/α-hetero) is 2. The summed E-state index contributed by atoms with van der Waals surface area (Å²) in [5, 5.41) is 10.2. The molecule has 3 saturated heterocycles. The van der Waals surface area contributed by atoms with E-state index in [1.807, 2.05) is 81.4 Å². The lowest BCUT2D eigenvalue weighted by atomic mass is 9.89. The van der Waals surface area contributed by atoms with Crippen molar-refractivity contribution in [1.29, 1.82) is 0 Å². The lowest BCUT2D eigenvalue weighted by molar-refractivity contribution is -0.122. The van der Waals surface area contributed by atoms with Gasteiger partial charge in [0, 0.05) is 11.8 Å². The number of carbonyl (C=O) groups excluding carboxylic acids is 4. The van der Waals surface area contributed by atoms with Gasteiger partial charge in [-0.05, 0) is 58.6 Å². The van der Waals surface area contributed by atoms with Crippen molar-refractivity contribution >= 4 is 23.8 Å². The van der Waals surface area contributed by atoms with Crippen molar-refractivity contribution in [3.05, 3.63) is 83.9 Å². The maximum atomic E-state index is 12.4. The molecule has 2 aromatic carbocycles. The van der Waals surface area contributed by atoms with Gasteiger partial charge in [-0.15, -0.1) is 6.58 Å². The monoisotopic (exact) mass is 634 g/mol. The van der Waals surface area contributed by atoms with Crippen molar-refractivity contribution in [3.8, 4) is 0 Å². The molecule has 2 amide bonds. The Morgan fingerprint density at radius 3 is 1.76 bits per heavy atom. The molecule has 10 heteroatoms. The highest BCUT2D eigenvalue weighted by atomic mass is 16.6. The molecule has 0 radical (unpaired) electrons. The van der Waals surface area contributed by atoms with E-state index in [9.17, 15) is 24.3 Å². The number of allylic oxidation sites excluding steroid dienone is 1. The van der Waals surface area contributed by atoms with Crippen molar-refractivity contribution in [2.75, 3.05) is 13.1 Å². The van der Waals surface area contributed by atoms with E-state index in [2.05, 4.69) is 6.58 Å². The first-order valence-electron chi connectivity index (χ1n) is 15.7. The Labute approximate surface area is 271 Å². The Bertz CT molecular complexity index is 1400. The van der Waals surface area contributed by atoms with Gasteiger partial charge in [0.2, 0.25) is 0 Å². The Balaban J connectivity index is 0.000000209. The first-order valence-corrected chi connectivity index (χ1v) is 15.7. The molecule has 0 saturated carbocycles. The number of carbonyl (C=O) groups is 4. The van der Waals surface area contributed by atoms with E-state index in [1.54, 1.807) is 0 Å². The summed E-state index contributed by atoms with van der Waals surface area (Å²) in [6, 6.07) is 17.8. The largest absolute Gasteiger partial charge is 0.445 e. The molecule has 0 aromatic heterocycles. The molecule has 1 N–H and O–H groups in total. The summed E-state index contributed by atoms with van der Waals surface area (Å²) in [5.41, 5.74) is 2.44. The molecule has 0 aliphatic carbocycles. The summed E-state index contributed by atoms with van der Waals surface area (Å²) in [4.78, 5) is 51.7.